The summed E-state index contributed by atoms with van der Waals surface area (Å²) in [5.74, 6) is -2.90. The van der Waals surface area contributed by atoms with Crippen LogP contribution >= 0.6 is 23.2 Å². The molecule has 0 radical (unpaired) electrons. The molecule has 3 nitrogen and oxygen atoms in total. The monoisotopic (exact) mass is 234 g/mol. The van der Waals surface area contributed by atoms with Gasteiger partial charge in [-0.15, -0.1) is 11.6 Å². The molecule has 0 saturated heterocycles. The number of Topliss-reactive ketones (excluding diaryl/α,β-unsaturated/α-hetero) is 1. The van der Waals surface area contributed by atoms with Gasteiger partial charge in [-0.25, -0.2) is 4.79 Å². The maximum absolute atomic E-state index is 9.78. The van der Waals surface area contributed by atoms with E-state index in [9.17, 15) is 9.59 Å². The van der Waals surface area contributed by atoms with Crippen LogP contribution in [0.4, 0.5) is 0 Å². The van der Waals surface area contributed by atoms with Gasteiger partial charge >= 0.3 is 5.97 Å². The van der Waals surface area contributed by atoms with E-state index >= 15 is 0 Å². The molecule has 1 N–H and O–H groups in total. The van der Waals surface area contributed by atoms with Crippen LogP contribution in [0.5, 0.6) is 0 Å². The van der Waals surface area contributed by atoms with Crippen molar-refractivity contribution in [2.45, 2.75) is 0 Å². The quantitative estimate of drug-likeness (QED) is 0.631. The highest BCUT2D eigenvalue weighted by Gasteiger charge is 2.06. The fourth-order valence-electron chi connectivity index (χ4n) is 0.472. The Morgan fingerprint density at radius 3 is 1.86 bits per heavy atom. The van der Waals surface area contributed by atoms with E-state index in [0.29, 0.717) is 0 Å². The molecular formula is C9H8Cl2O3. The van der Waals surface area contributed by atoms with Gasteiger partial charge in [-0.05, 0) is 12.1 Å². The smallest absolute Gasteiger partial charge is 0.373 e. The lowest BCUT2D eigenvalue weighted by atomic mass is 10.4. The zero-order valence-corrected chi connectivity index (χ0v) is 8.63. The highest BCUT2D eigenvalue weighted by Crippen LogP contribution is 2.03. The number of alkyl halides is 1. The van der Waals surface area contributed by atoms with Gasteiger partial charge in [0, 0.05) is 5.02 Å². The summed E-state index contributed by atoms with van der Waals surface area (Å²) in [6, 6.07) is 9.44. The number of benzene rings is 1. The zero-order chi connectivity index (χ0) is 11.0. The fourth-order valence-corrected chi connectivity index (χ4v) is 0.732. The second-order valence-corrected chi connectivity index (χ2v) is 2.86. The molecule has 0 spiro atoms. The van der Waals surface area contributed by atoms with E-state index < -0.39 is 17.6 Å². The third-order valence-corrected chi connectivity index (χ3v) is 1.59. The van der Waals surface area contributed by atoms with Crippen LogP contribution in [0.2, 0.25) is 5.02 Å². The summed E-state index contributed by atoms with van der Waals surface area (Å²) < 4.78 is 0. The number of hydrogen-bond acceptors (Lipinski definition) is 2. The van der Waals surface area contributed by atoms with Crippen molar-refractivity contribution in [1.82, 2.24) is 0 Å². The minimum atomic E-state index is -1.48. The lowest BCUT2D eigenvalue weighted by Crippen LogP contribution is -2.12. The standard InChI is InChI=1S/C6H5Cl.C3H3ClO3/c7-6-4-2-1-3-5-6;4-1-2(5)3(6)7/h1-5H;1H2,(H,6,7). The zero-order valence-electron chi connectivity index (χ0n) is 7.11. The van der Waals surface area contributed by atoms with Crippen molar-refractivity contribution >= 4 is 35.0 Å². The summed E-state index contributed by atoms with van der Waals surface area (Å²) >= 11 is 10.4. The summed E-state index contributed by atoms with van der Waals surface area (Å²) in [5.41, 5.74) is 0. The molecule has 76 valence electrons. The predicted molar refractivity (Wildman–Crippen MR) is 54.8 cm³/mol. The average molecular weight is 235 g/mol. The van der Waals surface area contributed by atoms with E-state index in [0.717, 1.165) is 5.02 Å². The third kappa shape index (κ3) is 6.46. The number of ketones is 1. The van der Waals surface area contributed by atoms with E-state index in [4.69, 9.17) is 28.3 Å². The van der Waals surface area contributed by atoms with Crippen molar-refractivity contribution in [3.8, 4) is 0 Å². The number of aliphatic carboxylic acids is 1. The number of carboxylic acid groups (broad SMARTS) is 1. The van der Waals surface area contributed by atoms with Gasteiger partial charge in [0.25, 0.3) is 5.78 Å². The molecule has 0 unspecified atom stereocenters. The Morgan fingerprint density at radius 2 is 1.71 bits per heavy atom. The topological polar surface area (TPSA) is 54.4 Å². The Hall–Kier alpha value is -1.06. The molecule has 0 atom stereocenters. The van der Waals surface area contributed by atoms with Crippen molar-refractivity contribution in [2.75, 3.05) is 5.88 Å². The van der Waals surface area contributed by atoms with Gasteiger partial charge in [-0.1, -0.05) is 29.8 Å². The van der Waals surface area contributed by atoms with Gasteiger partial charge in [0.1, 0.15) is 0 Å². The fraction of sp³-hybridized carbons (Fsp3) is 0.111. The molecule has 0 saturated carbocycles. The molecule has 0 aliphatic rings. The van der Waals surface area contributed by atoms with Gasteiger partial charge in [-0.3, -0.25) is 4.79 Å². The van der Waals surface area contributed by atoms with Crippen LogP contribution in [0.25, 0.3) is 0 Å². The van der Waals surface area contributed by atoms with Gasteiger partial charge in [0.2, 0.25) is 0 Å². The number of hydrogen-bond donors (Lipinski definition) is 1. The molecular weight excluding hydrogens is 227 g/mol. The summed E-state index contributed by atoms with van der Waals surface area (Å²) in [5, 5.41) is 8.54. The lowest BCUT2D eigenvalue weighted by Gasteiger charge is -1.80. The number of rotatable bonds is 2. The maximum atomic E-state index is 9.78. The Labute approximate surface area is 91.3 Å². The molecule has 0 aliphatic carbocycles. The van der Waals surface area contributed by atoms with E-state index in [1.807, 2.05) is 30.3 Å². The van der Waals surface area contributed by atoms with Crippen LogP contribution in [0.1, 0.15) is 0 Å². The molecule has 14 heavy (non-hydrogen) atoms. The molecule has 0 heterocycles. The first-order chi connectivity index (χ1) is 6.57. The van der Waals surface area contributed by atoms with Crippen LogP contribution in [-0.4, -0.2) is 22.7 Å². The molecule has 0 bridgehead atoms. The first kappa shape index (κ1) is 12.9. The number of carbonyl (C=O) groups is 2. The minimum absolute atomic E-state index is 0.449. The highest BCUT2D eigenvalue weighted by atomic mass is 35.5. The van der Waals surface area contributed by atoms with Gasteiger partial charge in [0.15, 0.2) is 0 Å². The molecule has 0 amide bonds. The molecule has 5 heteroatoms. The van der Waals surface area contributed by atoms with Crippen molar-refractivity contribution in [3.63, 3.8) is 0 Å². The first-order valence-corrected chi connectivity index (χ1v) is 4.51. The van der Waals surface area contributed by atoms with Crippen molar-refractivity contribution < 1.29 is 14.7 Å². The maximum Gasteiger partial charge on any atom is 0.373 e. The lowest BCUT2D eigenvalue weighted by molar-refractivity contribution is -0.147. The largest absolute Gasteiger partial charge is 0.475 e. The van der Waals surface area contributed by atoms with Crippen LogP contribution < -0.4 is 0 Å². The number of halogens is 2. The molecule has 1 aromatic carbocycles. The normalized spacial score (nSPS) is 8.43. The Kier molecular flexibility index (Phi) is 6.80. The summed E-state index contributed by atoms with van der Waals surface area (Å²) in [7, 11) is 0. The SMILES string of the molecule is Clc1ccccc1.O=C(O)C(=O)CCl. The van der Waals surface area contributed by atoms with Crippen LogP contribution in [-0.2, 0) is 9.59 Å². The van der Waals surface area contributed by atoms with Crippen LogP contribution in [0.15, 0.2) is 30.3 Å². The average Bonchev–Trinajstić information content (AvgIpc) is 2.18. The van der Waals surface area contributed by atoms with E-state index in [1.165, 1.54) is 0 Å². The van der Waals surface area contributed by atoms with Gasteiger partial charge < -0.3 is 5.11 Å². The predicted octanol–water partition coefficient (Wildman–Crippen LogP) is 2.22. The second kappa shape index (κ2) is 7.35. The van der Waals surface area contributed by atoms with Gasteiger partial charge in [-0.2, -0.15) is 0 Å². The van der Waals surface area contributed by atoms with Gasteiger partial charge in [0.05, 0.1) is 5.88 Å². The summed E-state index contributed by atoms with van der Waals surface area (Å²) in [4.78, 5) is 19.3. The molecule has 1 rings (SSSR count). The third-order valence-electron chi connectivity index (χ3n) is 1.09. The second-order valence-electron chi connectivity index (χ2n) is 2.16. The molecule has 0 fully saturated rings. The first-order valence-electron chi connectivity index (χ1n) is 3.60. The van der Waals surface area contributed by atoms with E-state index in [2.05, 4.69) is 0 Å². The highest BCUT2D eigenvalue weighted by molar-refractivity contribution is 6.44. The Morgan fingerprint density at radius 1 is 1.21 bits per heavy atom. The molecule has 0 aromatic heterocycles. The van der Waals surface area contributed by atoms with E-state index in [-0.39, 0.29) is 0 Å². The van der Waals surface area contributed by atoms with E-state index in [1.54, 1.807) is 0 Å². The summed E-state index contributed by atoms with van der Waals surface area (Å²) in [6.07, 6.45) is 0. The van der Waals surface area contributed by atoms with Crippen molar-refractivity contribution in [1.29, 1.82) is 0 Å². The number of carbonyl (C=O) groups excluding carboxylic acids is 1. The Bertz CT molecular complexity index is 298. The Balaban J connectivity index is 0.000000241. The summed E-state index contributed by atoms with van der Waals surface area (Å²) in [6.45, 7) is 0. The number of carboxylic acids is 1. The molecule has 0 aliphatic heterocycles. The van der Waals surface area contributed by atoms with Crippen molar-refractivity contribution in [3.05, 3.63) is 35.4 Å². The van der Waals surface area contributed by atoms with Crippen LogP contribution in [0, 0.1) is 0 Å². The van der Waals surface area contributed by atoms with Crippen molar-refractivity contribution in [2.24, 2.45) is 0 Å². The molecule has 1 aromatic rings. The van der Waals surface area contributed by atoms with Crippen LogP contribution in [0.3, 0.4) is 0 Å². The minimum Gasteiger partial charge on any atom is -0.475 e.